The number of aromatic nitrogens is 1. The molecule has 5 rings (SSSR count). The number of rotatable bonds is 4. The predicted molar refractivity (Wildman–Crippen MR) is 120 cm³/mol. The Kier molecular flexibility index (Phi) is 4.94. The largest absolute Gasteiger partial charge is 0.507 e. The van der Waals surface area contributed by atoms with Crippen molar-refractivity contribution < 1.29 is 24.2 Å². The molecule has 0 saturated carbocycles. The molecule has 7 nitrogen and oxygen atoms in total. The van der Waals surface area contributed by atoms with Crippen molar-refractivity contribution in [2.24, 2.45) is 0 Å². The highest BCUT2D eigenvalue weighted by molar-refractivity contribution is 7.14. The van der Waals surface area contributed by atoms with Crippen LogP contribution in [0.4, 0.5) is 5.13 Å². The fourth-order valence-electron chi connectivity index (χ4n) is 4.22. The second-order valence-corrected chi connectivity index (χ2v) is 8.59. The number of hydrogen-bond acceptors (Lipinski definition) is 7. The Morgan fingerprint density at radius 2 is 2.09 bits per heavy atom. The predicted octanol–water partition coefficient (Wildman–Crippen LogP) is 4.10. The summed E-state index contributed by atoms with van der Waals surface area (Å²) in [7, 11) is 1.55. The number of thiazole rings is 1. The topological polar surface area (TPSA) is 89.0 Å². The van der Waals surface area contributed by atoms with Gasteiger partial charge >= 0.3 is 5.91 Å². The van der Waals surface area contributed by atoms with E-state index in [1.165, 1.54) is 16.2 Å². The molecule has 0 radical (unpaired) electrons. The lowest BCUT2D eigenvalue weighted by atomic mass is 9.94. The van der Waals surface area contributed by atoms with Gasteiger partial charge in [-0.05, 0) is 48.4 Å². The van der Waals surface area contributed by atoms with Gasteiger partial charge in [-0.1, -0.05) is 12.1 Å². The highest BCUT2D eigenvalue weighted by atomic mass is 32.1. The molecule has 2 aromatic carbocycles. The summed E-state index contributed by atoms with van der Waals surface area (Å²) in [5, 5.41) is 13.4. The van der Waals surface area contributed by atoms with Gasteiger partial charge in [0, 0.05) is 23.6 Å². The van der Waals surface area contributed by atoms with Crippen LogP contribution < -0.4 is 14.4 Å². The molecule has 3 aromatic rings. The van der Waals surface area contributed by atoms with Crippen LogP contribution in [0.15, 0.2) is 59.6 Å². The number of fused-ring (bicyclic) bond motifs is 1. The van der Waals surface area contributed by atoms with Crippen molar-refractivity contribution >= 4 is 33.9 Å². The van der Waals surface area contributed by atoms with Gasteiger partial charge < -0.3 is 14.6 Å². The fourth-order valence-corrected chi connectivity index (χ4v) is 4.88. The number of ketones is 1. The Hall–Kier alpha value is -3.65. The number of nitrogens with zero attached hydrogens (tertiary/aromatic N) is 2. The van der Waals surface area contributed by atoms with E-state index in [2.05, 4.69) is 4.98 Å². The molecule has 0 spiro atoms. The zero-order valence-electron chi connectivity index (χ0n) is 17.4. The van der Waals surface area contributed by atoms with E-state index in [1.54, 1.807) is 55.1 Å². The van der Waals surface area contributed by atoms with Crippen LogP contribution in [0.3, 0.4) is 0 Å². The van der Waals surface area contributed by atoms with Gasteiger partial charge in [0.2, 0.25) is 0 Å². The molecule has 0 unspecified atom stereocenters. The van der Waals surface area contributed by atoms with Crippen LogP contribution in [0.5, 0.6) is 11.5 Å². The normalized spacial score (nSPS) is 21.5. The first kappa shape index (κ1) is 20.3. The van der Waals surface area contributed by atoms with Crippen molar-refractivity contribution in [2.45, 2.75) is 25.5 Å². The summed E-state index contributed by atoms with van der Waals surface area (Å²) in [6, 6.07) is 11.6. The number of amides is 1. The van der Waals surface area contributed by atoms with Crippen LogP contribution in [-0.4, -0.2) is 35.0 Å². The Balaban J connectivity index is 1.69. The van der Waals surface area contributed by atoms with E-state index in [0.29, 0.717) is 28.4 Å². The van der Waals surface area contributed by atoms with Crippen molar-refractivity contribution in [3.63, 3.8) is 0 Å². The number of benzene rings is 2. The number of aliphatic hydroxyl groups is 1. The summed E-state index contributed by atoms with van der Waals surface area (Å²) in [5.41, 5.74) is 2.07. The second kappa shape index (κ2) is 7.80. The lowest BCUT2D eigenvalue weighted by Gasteiger charge is -2.23. The number of Topliss-reactive ketones (excluding diaryl/α,β-unsaturated/α-hetero) is 1. The van der Waals surface area contributed by atoms with E-state index in [9.17, 15) is 14.7 Å². The summed E-state index contributed by atoms with van der Waals surface area (Å²) < 4.78 is 11.1. The molecule has 8 heteroatoms. The number of carbonyl (C=O) groups excluding carboxylic acids is 2. The average molecular weight is 449 g/mol. The van der Waals surface area contributed by atoms with Crippen molar-refractivity contribution in [3.8, 4) is 11.5 Å². The third kappa shape index (κ3) is 3.23. The molecule has 162 valence electrons. The SMILES string of the molecule is COc1cccc([C@H]2C(=C(O)c3ccc4c(c3)C[C@H](C)O4)C(=O)C(=O)N2c2nccs2)c1. The molecule has 2 atom stereocenters. The smallest absolute Gasteiger partial charge is 0.301 e. The maximum atomic E-state index is 13.2. The molecular formula is C24H20N2O5S. The summed E-state index contributed by atoms with van der Waals surface area (Å²) >= 11 is 1.25. The molecular weight excluding hydrogens is 428 g/mol. The molecule has 0 aliphatic carbocycles. The first-order valence-corrected chi connectivity index (χ1v) is 11.0. The number of ether oxygens (including phenoxy) is 2. The van der Waals surface area contributed by atoms with Crippen molar-refractivity contribution in [1.82, 2.24) is 4.98 Å². The maximum absolute atomic E-state index is 13.2. The van der Waals surface area contributed by atoms with E-state index in [-0.39, 0.29) is 17.4 Å². The minimum absolute atomic E-state index is 0.0189. The number of methoxy groups -OCH3 is 1. The quantitative estimate of drug-likeness (QED) is 0.367. The maximum Gasteiger partial charge on any atom is 0.301 e. The zero-order chi connectivity index (χ0) is 22.4. The molecule has 1 saturated heterocycles. The molecule has 1 N–H and O–H groups in total. The fraction of sp³-hybridized carbons (Fsp3) is 0.208. The minimum atomic E-state index is -0.834. The first-order valence-electron chi connectivity index (χ1n) is 10.1. The Morgan fingerprint density at radius 1 is 1.25 bits per heavy atom. The summed E-state index contributed by atoms with van der Waals surface area (Å²) in [4.78, 5) is 31.8. The van der Waals surface area contributed by atoms with Crippen LogP contribution >= 0.6 is 11.3 Å². The van der Waals surface area contributed by atoms with Crippen molar-refractivity contribution in [3.05, 3.63) is 76.3 Å². The first-order chi connectivity index (χ1) is 15.5. The highest BCUT2D eigenvalue weighted by Gasteiger charge is 2.48. The summed E-state index contributed by atoms with van der Waals surface area (Å²) in [6.07, 6.45) is 2.34. The minimum Gasteiger partial charge on any atom is -0.507 e. The Labute approximate surface area is 188 Å². The van der Waals surface area contributed by atoms with E-state index in [0.717, 1.165) is 11.3 Å². The third-order valence-corrected chi connectivity index (χ3v) is 6.42. The number of aliphatic hydroxyl groups excluding tert-OH is 1. The van der Waals surface area contributed by atoms with Gasteiger partial charge in [0.25, 0.3) is 5.78 Å². The zero-order valence-corrected chi connectivity index (χ0v) is 18.3. The average Bonchev–Trinajstić information content (AvgIpc) is 3.51. The van der Waals surface area contributed by atoms with E-state index in [1.807, 2.05) is 13.0 Å². The van der Waals surface area contributed by atoms with Gasteiger partial charge in [0.05, 0.1) is 18.7 Å². The second-order valence-electron chi connectivity index (χ2n) is 7.72. The summed E-state index contributed by atoms with van der Waals surface area (Å²) in [5.74, 6) is -0.363. The molecule has 2 aliphatic rings. The standard InChI is InChI=1S/C24H20N2O5S/c1-13-10-16-11-15(6-7-18(16)31-13)21(27)19-20(14-4-3-5-17(12-14)30-2)26(23(29)22(19)28)24-25-8-9-32-24/h3-9,11-13,20,27H,10H2,1-2H3/t13-,20-/m0/s1. The Bertz CT molecular complexity index is 1250. The van der Waals surface area contributed by atoms with Crippen LogP contribution in [-0.2, 0) is 16.0 Å². The monoisotopic (exact) mass is 448 g/mol. The van der Waals surface area contributed by atoms with Crippen molar-refractivity contribution in [2.75, 3.05) is 12.0 Å². The van der Waals surface area contributed by atoms with Gasteiger partial charge in [0.15, 0.2) is 5.13 Å². The van der Waals surface area contributed by atoms with Gasteiger partial charge in [-0.15, -0.1) is 11.3 Å². The lowest BCUT2D eigenvalue weighted by Crippen LogP contribution is -2.29. The van der Waals surface area contributed by atoms with Crippen LogP contribution in [0.2, 0.25) is 0 Å². The molecule has 1 amide bonds. The molecule has 3 heterocycles. The van der Waals surface area contributed by atoms with E-state index in [4.69, 9.17) is 9.47 Å². The lowest BCUT2D eigenvalue weighted by molar-refractivity contribution is -0.132. The Morgan fingerprint density at radius 3 is 2.84 bits per heavy atom. The van der Waals surface area contributed by atoms with Gasteiger partial charge in [-0.2, -0.15) is 0 Å². The van der Waals surface area contributed by atoms with Crippen LogP contribution in [0.25, 0.3) is 5.76 Å². The molecule has 0 bridgehead atoms. The number of carbonyl (C=O) groups is 2. The number of anilines is 1. The highest BCUT2D eigenvalue weighted by Crippen LogP contribution is 2.43. The van der Waals surface area contributed by atoms with Crippen LogP contribution in [0, 0.1) is 0 Å². The van der Waals surface area contributed by atoms with Crippen molar-refractivity contribution in [1.29, 1.82) is 0 Å². The molecule has 1 aromatic heterocycles. The number of hydrogen-bond donors (Lipinski definition) is 1. The molecule has 1 fully saturated rings. The van der Waals surface area contributed by atoms with Crippen LogP contribution in [0.1, 0.15) is 29.7 Å². The summed E-state index contributed by atoms with van der Waals surface area (Å²) in [6.45, 7) is 1.97. The molecule has 32 heavy (non-hydrogen) atoms. The van der Waals surface area contributed by atoms with E-state index < -0.39 is 17.7 Å². The van der Waals surface area contributed by atoms with E-state index >= 15 is 0 Å². The third-order valence-electron chi connectivity index (χ3n) is 5.65. The van der Waals surface area contributed by atoms with Gasteiger partial charge in [-0.25, -0.2) is 4.98 Å². The van der Waals surface area contributed by atoms with Gasteiger partial charge in [-0.3, -0.25) is 14.5 Å². The molecule has 2 aliphatic heterocycles. The van der Waals surface area contributed by atoms with Gasteiger partial charge in [0.1, 0.15) is 23.4 Å².